The molecule has 1 aromatic carbocycles. The van der Waals surface area contributed by atoms with Gasteiger partial charge in [-0.25, -0.2) is 4.98 Å². The predicted molar refractivity (Wildman–Crippen MR) is 86.1 cm³/mol. The summed E-state index contributed by atoms with van der Waals surface area (Å²) in [6.45, 7) is 2.89. The van der Waals surface area contributed by atoms with Crippen LogP contribution in [0.4, 0.5) is 0 Å². The Morgan fingerprint density at radius 3 is 2.87 bits per heavy atom. The van der Waals surface area contributed by atoms with Crippen molar-refractivity contribution in [3.8, 4) is 5.75 Å². The van der Waals surface area contributed by atoms with Gasteiger partial charge in [0.05, 0.1) is 19.6 Å². The van der Waals surface area contributed by atoms with E-state index in [9.17, 15) is 4.79 Å². The second kappa shape index (κ2) is 6.81. The maximum Gasteiger partial charge on any atom is 0.224 e. The molecule has 0 saturated carbocycles. The van der Waals surface area contributed by atoms with Crippen molar-refractivity contribution < 1.29 is 9.53 Å². The van der Waals surface area contributed by atoms with E-state index in [1.54, 1.807) is 18.1 Å². The maximum absolute atomic E-state index is 12.3. The standard InChI is InChI=1S/C17H22N4O2/c1-12(9-21-11-18-10-20-21)17(22)19-8-15-6-13-4-3-5-14(13)7-16(15)23-2/h6-7,10-12H,3-5,8-9H2,1-2H3,(H,19,22). The number of fused-ring (bicyclic) bond motifs is 1. The molecule has 3 rings (SSSR count). The second-order valence-electron chi connectivity index (χ2n) is 6.02. The van der Waals surface area contributed by atoms with Crippen molar-refractivity contribution in [2.24, 2.45) is 5.92 Å². The molecule has 6 heteroatoms. The summed E-state index contributed by atoms with van der Waals surface area (Å²) in [4.78, 5) is 16.2. The minimum Gasteiger partial charge on any atom is -0.496 e. The number of ether oxygens (including phenoxy) is 1. The molecule has 1 aromatic heterocycles. The van der Waals surface area contributed by atoms with E-state index in [4.69, 9.17) is 4.74 Å². The van der Waals surface area contributed by atoms with Gasteiger partial charge in [-0.15, -0.1) is 0 Å². The van der Waals surface area contributed by atoms with Gasteiger partial charge >= 0.3 is 0 Å². The number of hydrogen-bond acceptors (Lipinski definition) is 4. The molecule has 0 saturated heterocycles. The van der Waals surface area contributed by atoms with Crippen LogP contribution < -0.4 is 10.1 Å². The monoisotopic (exact) mass is 314 g/mol. The van der Waals surface area contributed by atoms with Crippen LogP contribution in [0.1, 0.15) is 30.0 Å². The van der Waals surface area contributed by atoms with E-state index in [0.717, 1.165) is 24.2 Å². The number of methoxy groups -OCH3 is 1. The Morgan fingerprint density at radius 2 is 2.17 bits per heavy atom. The van der Waals surface area contributed by atoms with E-state index >= 15 is 0 Å². The van der Waals surface area contributed by atoms with Crippen molar-refractivity contribution in [2.45, 2.75) is 39.3 Å². The summed E-state index contributed by atoms with van der Waals surface area (Å²) in [5.41, 5.74) is 3.79. The molecule has 1 N–H and O–H groups in total. The fraction of sp³-hybridized carbons (Fsp3) is 0.471. The number of hydrogen-bond donors (Lipinski definition) is 1. The minimum atomic E-state index is -0.169. The van der Waals surface area contributed by atoms with Crippen molar-refractivity contribution in [1.82, 2.24) is 20.1 Å². The average molecular weight is 314 g/mol. The van der Waals surface area contributed by atoms with Crippen LogP contribution in [0.2, 0.25) is 0 Å². The summed E-state index contributed by atoms with van der Waals surface area (Å²) in [6, 6.07) is 4.28. The number of carbonyl (C=O) groups excluding carboxylic acids is 1. The topological polar surface area (TPSA) is 69.0 Å². The van der Waals surface area contributed by atoms with Gasteiger partial charge < -0.3 is 10.1 Å². The Hall–Kier alpha value is -2.37. The Morgan fingerprint density at radius 1 is 1.39 bits per heavy atom. The molecule has 1 aliphatic carbocycles. The van der Waals surface area contributed by atoms with Gasteiger partial charge in [-0.2, -0.15) is 5.10 Å². The van der Waals surface area contributed by atoms with Crippen LogP contribution in [0.5, 0.6) is 5.75 Å². The molecular formula is C17H22N4O2. The van der Waals surface area contributed by atoms with E-state index in [1.165, 1.54) is 23.9 Å². The van der Waals surface area contributed by atoms with Gasteiger partial charge in [0.15, 0.2) is 0 Å². The lowest BCUT2D eigenvalue weighted by molar-refractivity contribution is -0.125. The Balaban J connectivity index is 1.62. The highest BCUT2D eigenvalue weighted by atomic mass is 16.5. The van der Waals surface area contributed by atoms with Crippen molar-refractivity contribution >= 4 is 5.91 Å². The van der Waals surface area contributed by atoms with E-state index in [-0.39, 0.29) is 11.8 Å². The summed E-state index contributed by atoms with van der Waals surface area (Å²) >= 11 is 0. The highest BCUT2D eigenvalue weighted by molar-refractivity contribution is 5.78. The number of carbonyl (C=O) groups is 1. The van der Waals surface area contributed by atoms with Crippen molar-refractivity contribution in [1.29, 1.82) is 0 Å². The molecule has 122 valence electrons. The molecule has 0 spiro atoms. The first-order valence-electron chi connectivity index (χ1n) is 7.96. The number of aryl methyl sites for hydroxylation is 2. The molecule has 1 amide bonds. The third-order valence-corrected chi connectivity index (χ3v) is 4.32. The van der Waals surface area contributed by atoms with Crippen LogP contribution in [-0.4, -0.2) is 27.8 Å². The van der Waals surface area contributed by atoms with E-state index in [1.807, 2.05) is 6.92 Å². The quantitative estimate of drug-likeness (QED) is 0.881. The first-order chi connectivity index (χ1) is 11.2. The van der Waals surface area contributed by atoms with Crippen molar-refractivity contribution in [2.75, 3.05) is 7.11 Å². The molecule has 1 aliphatic rings. The Kier molecular flexibility index (Phi) is 4.60. The Bertz CT molecular complexity index is 682. The first kappa shape index (κ1) is 15.5. The van der Waals surface area contributed by atoms with Gasteiger partial charge in [0, 0.05) is 12.1 Å². The van der Waals surface area contributed by atoms with Crippen LogP contribution in [0, 0.1) is 5.92 Å². The molecule has 1 unspecified atom stereocenters. The van der Waals surface area contributed by atoms with Gasteiger partial charge in [0.1, 0.15) is 18.4 Å². The van der Waals surface area contributed by atoms with Crippen LogP contribution in [0.25, 0.3) is 0 Å². The summed E-state index contributed by atoms with van der Waals surface area (Å²) in [5.74, 6) is 0.690. The zero-order valence-corrected chi connectivity index (χ0v) is 13.6. The smallest absolute Gasteiger partial charge is 0.224 e. The molecule has 6 nitrogen and oxygen atoms in total. The zero-order chi connectivity index (χ0) is 16.2. The molecule has 2 aromatic rings. The molecule has 0 radical (unpaired) electrons. The van der Waals surface area contributed by atoms with Crippen LogP contribution in [-0.2, 0) is 30.7 Å². The molecule has 0 fully saturated rings. The van der Waals surface area contributed by atoms with Gasteiger partial charge in [-0.3, -0.25) is 9.48 Å². The largest absolute Gasteiger partial charge is 0.496 e. The SMILES string of the molecule is COc1cc2c(cc1CNC(=O)C(C)Cn1cncn1)CCC2. The summed E-state index contributed by atoms with van der Waals surface area (Å²) in [6.07, 6.45) is 6.52. The highest BCUT2D eigenvalue weighted by Gasteiger charge is 2.17. The molecule has 23 heavy (non-hydrogen) atoms. The third-order valence-electron chi connectivity index (χ3n) is 4.32. The molecule has 0 bridgehead atoms. The number of nitrogens with one attached hydrogen (secondary N) is 1. The van der Waals surface area contributed by atoms with Gasteiger partial charge in [0.25, 0.3) is 0 Å². The normalized spacial score (nSPS) is 14.3. The van der Waals surface area contributed by atoms with Gasteiger partial charge in [-0.1, -0.05) is 13.0 Å². The third kappa shape index (κ3) is 3.52. The number of benzene rings is 1. The molecular weight excluding hydrogens is 292 g/mol. The lowest BCUT2D eigenvalue weighted by atomic mass is 10.0. The Labute approximate surface area is 135 Å². The van der Waals surface area contributed by atoms with Crippen LogP contribution in [0.15, 0.2) is 24.8 Å². The number of nitrogens with zero attached hydrogens (tertiary/aromatic N) is 3. The second-order valence-corrected chi connectivity index (χ2v) is 6.02. The van der Waals surface area contributed by atoms with E-state index < -0.39 is 0 Å². The van der Waals surface area contributed by atoms with E-state index in [2.05, 4.69) is 27.5 Å². The van der Waals surface area contributed by atoms with Crippen LogP contribution in [0.3, 0.4) is 0 Å². The summed E-state index contributed by atoms with van der Waals surface area (Å²) in [5, 5.41) is 7.03. The van der Waals surface area contributed by atoms with Gasteiger partial charge in [0.2, 0.25) is 5.91 Å². The number of aromatic nitrogens is 3. The molecule has 0 aliphatic heterocycles. The lowest BCUT2D eigenvalue weighted by Gasteiger charge is -2.15. The zero-order valence-electron chi connectivity index (χ0n) is 13.6. The summed E-state index contributed by atoms with van der Waals surface area (Å²) in [7, 11) is 1.68. The number of rotatable bonds is 6. The predicted octanol–water partition coefficient (Wildman–Crippen LogP) is 1.73. The number of amides is 1. The van der Waals surface area contributed by atoms with Crippen LogP contribution >= 0.6 is 0 Å². The minimum absolute atomic E-state index is 0.00283. The average Bonchev–Trinajstić information content (AvgIpc) is 3.22. The maximum atomic E-state index is 12.3. The van der Waals surface area contributed by atoms with Crippen molar-refractivity contribution in [3.05, 3.63) is 41.5 Å². The van der Waals surface area contributed by atoms with Gasteiger partial charge in [-0.05, 0) is 36.5 Å². The molecule has 1 heterocycles. The molecule has 1 atom stereocenters. The van der Waals surface area contributed by atoms with Crippen molar-refractivity contribution in [3.63, 3.8) is 0 Å². The fourth-order valence-corrected chi connectivity index (χ4v) is 3.03. The summed E-state index contributed by atoms with van der Waals surface area (Å²) < 4.78 is 7.14. The highest BCUT2D eigenvalue weighted by Crippen LogP contribution is 2.29. The van der Waals surface area contributed by atoms with E-state index in [0.29, 0.717) is 13.1 Å². The first-order valence-corrected chi connectivity index (χ1v) is 7.96. The lowest BCUT2D eigenvalue weighted by Crippen LogP contribution is -2.31. The fourth-order valence-electron chi connectivity index (χ4n) is 3.03.